The summed E-state index contributed by atoms with van der Waals surface area (Å²) >= 11 is 0. The molecule has 0 radical (unpaired) electrons. The molecule has 2 heteroatoms. The van der Waals surface area contributed by atoms with Gasteiger partial charge in [-0.05, 0) is 12.5 Å². The highest BCUT2D eigenvalue weighted by Gasteiger charge is 1.85. The van der Waals surface area contributed by atoms with E-state index in [0.717, 1.165) is 12.0 Å². The first-order chi connectivity index (χ1) is 4.81. The van der Waals surface area contributed by atoms with Gasteiger partial charge < -0.3 is 10.1 Å². The quantitative estimate of drug-likeness (QED) is 0.457. The normalized spacial score (nSPS) is 10.1. The summed E-state index contributed by atoms with van der Waals surface area (Å²) in [4.78, 5) is 0. The molecule has 0 atom stereocenters. The van der Waals surface area contributed by atoms with Crippen LogP contribution < -0.4 is 0 Å². The average molecular weight is 139 g/mol. The summed E-state index contributed by atoms with van der Waals surface area (Å²) in [5.74, 6) is 0. The molecule has 0 aliphatic rings. The molecule has 0 amide bonds. The van der Waals surface area contributed by atoms with E-state index in [-0.39, 0.29) is 0 Å². The second-order valence-corrected chi connectivity index (χ2v) is 1.93. The zero-order valence-corrected chi connectivity index (χ0v) is 6.26. The molecule has 0 bridgehead atoms. The van der Waals surface area contributed by atoms with Gasteiger partial charge in [0.1, 0.15) is 0 Å². The summed E-state index contributed by atoms with van der Waals surface area (Å²) in [6.07, 6.45) is 5.53. The zero-order chi connectivity index (χ0) is 7.82. The van der Waals surface area contributed by atoms with Crippen molar-refractivity contribution in [3.8, 4) is 0 Å². The lowest BCUT2D eigenvalue weighted by Gasteiger charge is -1.96. The maximum Gasteiger partial charge on any atom is 0.0502 e. The molecule has 2 nitrogen and oxygen atoms in total. The van der Waals surface area contributed by atoms with Crippen LogP contribution in [0.4, 0.5) is 0 Å². The van der Waals surface area contributed by atoms with Gasteiger partial charge in [-0.25, -0.2) is 0 Å². The first-order valence-electron chi connectivity index (χ1n) is 3.15. The van der Waals surface area contributed by atoms with E-state index in [9.17, 15) is 0 Å². The van der Waals surface area contributed by atoms with Gasteiger partial charge >= 0.3 is 0 Å². The molecule has 0 unspecified atom stereocenters. The maximum atomic E-state index is 6.69. The molecule has 10 heavy (non-hydrogen) atoms. The second kappa shape index (κ2) is 6.23. The number of allylic oxidation sites excluding steroid dienone is 2. The van der Waals surface area contributed by atoms with Gasteiger partial charge in [0.15, 0.2) is 0 Å². The highest BCUT2D eigenvalue weighted by atomic mass is 16.5. The fourth-order valence-electron chi connectivity index (χ4n) is 0.501. The smallest absolute Gasteiger partial charge is 0.0502 e. The van der Waals surface area contributed by atoms with Crippen molar-refractivity contribution >= 4 is 6.21 Å². The third-order valence-corrected chi connectivity index (χ3v) is 1.06. The Bertz CT molecular complexity index is 138. The minimum atomic E-state index is 0.696. The second-order valence-electron chi connectivity index (χ2n) is 1.93. The van der Waals surface area contributed by atoms with Crippen molar-refractivity contribution in [2.45, 2.75) is 6.42 Å². The van der Waals surface area contributed by atoms with Gasteiger partial charge in [0.05, 0.1) is 6.61 Å². The lowest BCUT2D eigenvalue weighted by molar-refractivity contribution is 0.203. The monoisotopic (exact) mass is 139 g/mol. The lowest BCUT2D eigenvalue weighted by atomic mass is 10.2. The molecule has 0 aliphatic heterocycles. The van der Waals surface area contributed by atoms with E-state index in [0.29, 0.717) is 6.61 Å². The molecule has 0 spiro atoms. The fourth-order valence-corrected chi connectivity index (χ4v) is 0.501. The summed E-state index contributed by atoms with van der Waals surface area (Å²) in [6, 6.07) is 0. The standard InChI is InChI=1S/C8H13NO/c1-8(4-3-6-9)5-7-10-2/h3-4,6,9H,1,5,7H2,2H3/b4-3-,9-6?. The summed E-state index contributed by atoms with van der Waals surface area (Å²) in [5, 5.41) is 6.69. The Morgan fingerprint density at radius 3 is 2.90 bits per heavy atom. The molecule has 0 aromatic rings. The maximum absolute atomic E-state index is 6.69. The molecular weight excluding hydrogens is 126 g/mol. The van der Waals surface area contributed by atoms with Crippen molar-refractivity contribution in [2.75, 3.05) is 13.7 Å². The minimum absolute atomic E-state index is 0.696. The van der Waals surface area contributed by atoms with Crippen LogP contribution in [0, 0.1) is 5.41 Å². The molecule has 0 rings (SSSR count). The fraction of sp³-hybridized carbons (Fsp3) is 0.375. The van der Waals surface area contributed by atoms with E-state index in [2.05, 4.69) is 6.58 Å². The predicted octanol–water partition coefficient (Wildman–Crippen LogP) is 1.78. The Morgan fingerprint density at radius 2 is 2.40 bits per heavy atom. The van der Waals surface area contributed by atoms with E-state index in [1.54, 1.807) is 13.2 Å². The van der Waals surface area contributed by atoms with Crippen LogP contribution in [-0.2, 0) is 4.74 Å². The Labute approximate surface area is 61.7 Å². The van der Waals surface area contributed by atoms with Crippen LogP contribution >= 0.6 is 0 Å². The van der Waals surface area contributed by atoms with Crippen LogP contribution in [0.5, 0.6) is 0 Å². The number of rotatable bonds is 5. The van der Waals surface area contributed by atoms with Gasteiger partial charge in [-0.2, -0.15) is 0 Å². The van der Waals surface area contributed by atoms with Gasteiger partial charge in [-0.3, -0.25) is 0 Å². The van der Waals surface area contributed by atoms with Gasteiger partial charge in [0.25, 0.3) is 0 Å². The van der Waals surface area contributed by atoms with Gasteiger partial charge in [-0.1, -0.05) is 18.2 Å². The lowest BCUT2D eigenvalue weighted by Crippen LogP contribution is -1.88. The van der Waals surface area contributed by atoms with E-state index in [1.807, 2.05) is 6.08 Å². The molecule has 0 fully saturated rings. The SMILES string of the molecule is C=C(/C=C\C=N)CCOC. The molecule has 0 saturated carbocycles. The van der Waals surface area contributed by atoms with Crippen LogP contribution in [0.3, 0.4) is 0 Å². The molecule has 0 heterocycles. The summed E-state index contributed by atoms with van der Waals surface area (Å²) in [6.45, 7) is 4.46. The molecule has 0 aromatic carbocycles. The molecule has 56 valence electrons. The van der Waals surface area contributed by atoms with Crippen molar-refractivity contribution in [1.82, 2.24) is 0 Å². The third kappa shape index (κ3) is 5.25. The van der Waals surface area contributed by atoms with E-state index in [1.165, 1.54) is 6.21 Å². The molecule has 0 aromatic heterocycles. The molecule has 0 saturated heterocycles. The van der Waals surface area contributed by atoms with Gasteiger partial charge in [0.2, 0.25) is 0 Å². The van der Waals surface area contributed by atoms with Crippen molar-refractivity contribution < 1.29 is 4.74 Å². The average Bonchev–Trinajstić information content (AvgIpc) is 1.97. The molecule has 1 N–H and O–H groups in total. The highest BCUT2D eigenvalue weighted by Crippen LogP contribution is 1.98. The third-order valence-electron chi connectivity index (χ3n) is 1.06. The van der Waals surface area contributed by atoms with Crippen LogP contribution in [-0.4, -0.2) is 19.9 Å². The summed E-state index contributed by atoms with van der Waals surface area (Å²) in [7, 11) is 1.66. The van der Waals surface area contributed by atoms with Crippen LogP contribution in [0.1, 0.15) is 6.42 Å². The number of methoxy groups -OCH3 is 1. The first-order valence-corrected chi connectivity index (χ1v) is 3.15. The predicted molar refractivity (Wildman–Crippen MR) is 43.6 cm³/mol. The van der Waals surface area contributed by atoms with Crippen LogP contribution in [0.15, 0.2) is 24.3 Å². The highest BCUT2D eigenvalue weighted by molar-refractivity contribution is 5.68. The summed E-state index contributed by atoms with van der Waals surface area (Å²) in [5.41, 5.74) is 0.991. The molecule has 0 aliphatic carbocycles. The Balaban J connectivity index is 3.43. The van der Waals surface area contributed by atoms with E-state index < -0.39 is 0 Å². The molecular formula is C8H13NO. The van der Waals surface area contributed by atoms with E-state index >= 15 is 0 Å². The summed E-state index contributed by atoms with van der Waals surface area (Å²) < 4.78 is 4.84. The van der Waals surface area contributed by atoms with Crippen molar-refractivity contribution in [2.24, 2.45) is 0 Å². The Hall–Kier alpha value is -0.890. The largest absolute Gasteiger partial charge is 0.384 e. The van der Waals surface area contributed by atoms with Gasteiger partial charge in [-0.15, -0.1) is 0 Å². The number of nitrogens with one attached hydrogen (secondary N) is 1. The Kier molecular flexibility index (Phi) is 5.68. The van der Waals surface area contributed by atoms with E-state index in [4.69, 9.17) is 10.1 Å². The number of hydrogen-bond donors (Lipinski definition) is 1. The number of ether oxygens (including phenoxy) is 1. The van der Waals surface area contributed by atoms with Crippen LogP contribution in [0.25, 0.3) is 0 Å². The zero-order valence-electron chi connectivity index (χ0n) is 6.26. The van der Waals surface area contributed by atoms with Gasteiger partial charge in [0, 0.05) is 13.3 Å². The first kappa shape index (κ1) is 9.11. The topological polar surface area (TPSA) is 33.1 Å². The number of hydrogen-bond acceptors (Lipinski definition) is 2. The minimum Gasteiger partial charge on any atom is -0.384 e. The van der Waals surface area contributed by atoms with Crippen LogP contribution in [0.2, 0.25) is 0 Å². The van der Waals surface area contributed by atoms with Crippen molar-refractivity contribution in [3.05, 3.63) is 24.3 Å². The Morgan fingerprint density at radius 1 is 1.70 bits per heavy atom. The van der Waals surface area contributed by atoms with Crippen molar-refractivity contribution in [1.29, 1.82) is 5.41 Å². The van der Waals surface area contributed by atoms with Crippen molar-refractivity contribution in [3.63, 3.8) is 0 Å².